The normalized spacial score (nSPS) is 23.4. The Kier molecular flexibility index (Phi) is 5.49. The summed E-state index contributed by atoms with van der Waals surface area (Å²) in [6.07, 6.45) is 5.45. The first-order valence-corrected chi connectivity index (χ1v) is 6.23. The highest BCUT2D eigenvalue weighted by molar-refractivity contribution is 4.79. The predicted octanol–water partition coefficient (Wildman–Crippen LogP) is 2.25. The zero-order valence-corrected chi connectivity index (χ0v) is 10.1. The van der Waals surface area contributed by atoms with Crippen LogP contribution in [0.3, 0.4) is 0 Å². The van der Waals surface area contributed by atoms with Crippen molar-refractivity contribution >= 4 is 0 Å². The fourth-order valence-corrected chi connectivity index (χ4v) is 2.18. The van der Waals surface area contributed by atoms with E-state index in [0.29, 0.717) is 12.1 Å². The summed E-state index contributed by atoms with van der Waals surface area (Å²) in [5.41, 5.74) is 0. The first-order valence-electron chi connectivity index (χ1n) is 6.23. The molecule has 2 atom stereocenters. The van der Waals surface area contributed by atoms with Crippen LogP contribution in [-0.4, -0.2) is 36.6 Å². The Morgan fingerprint density at radius 1 is 1.14 bits per heavy atom. The first kappa shape index (κ1) is 12.0. The van der Waals surface area contributed by atoms with Crippen molar-refractivity contribution < 1.29 is 0 Å². The molecule has 0 spiro atoms. The van der Waals surface area contributed by atoms with E-state index in [2.05, 4.69) is 31.0 Å². The molecule has 0 aliphatic carbocycles. The topological polar surface area (TPSA) is 15.3 Å². The molecule has 0 aromatic carbocycles. The second kappa shape index (κ2) is 6.41. The molecule has 2 heteroatoms. The lowest BCUT2D eigenvalue weighted by atomic mass is 10.0. The molecule has 2 unspecified atom stereocenters. The van der Waals surface area contributed by atoms with E-state index in [4.69, 9.17) is 0 Å². The Hall–Kier alpha value is -0.0800. The molecule has 1 N–H and O–H groups in total. The van der Waals surface area contributed by atoms with Gasteiger partial charge in [-0.2, -0.15) is 0 Å². The second-order valence-electron chi connectivity index (χ2n) is 4.58. The molecule has 1 rings (SSSR count). The minimum Gasteiger partial charge on any atom is -0.313 e. The van der Waals surface area contributed by atoms with Crippen molar-refractivity contribution in [3.8, 4) is 0 Å². The SMILES string of the molecule is CCCNC(C)C(C)N1CCCCC1. The summed E-state index contributed by atoms with van der Waals surface area (Å²) < 4.78 is 0. The smallest absolute Gasteiger partial charge is 0.0218 e. The lowest BCUT2D eigenvalue weighted by molar-refractivity contribution is 0.146. The fraction of sp³-hybridized carbons (Fsp3) is 1.00. The van der Waals surface area contributed by atoms with Gasteiger partial charge in [-0.1, -0.05) is 13.3 Å². The molecule has 84 valence electrons. The maximum Gasteiger partial charge on any atom is 0.0218 e. The van der Waals surface area contributed by atoms with Gasteiger partial charge < -0.3 is 5.32 Å². The number of nitrogens with one attached hydrogen (secondary N) is 1. The minimum atomic E-state index is 0.632. The fourth-order valence-electron chi connectivity index (χ4n) is 2.18. The van der Waals surface area contributed by atoms with Crippen molar-refractivity contribution in [1.29, 1.82) is 0 Å². The zero-order valence-electron chi connectivity index (χ0n) is 10.1. The third-order valence-electron chi connectivity index (χ3n) is 3.41. The van der Waals surface area contributed by atoms with Gasteiger partial charge in [0.1, 0.15) is 0 Å². The van der Waals surface area contributed by atoms with E-state index in [1.54, 1.807) is 0 Å². The van der Waals surface area contributed by atoms with E-state index in [1.165, 1.54) is 38.8 Å². The first-order chi connectivity index (χ1) is 6.75. The van der Waals surface area contributed by atoms with Crippen LogP contribution in [0.2, 0.25) is 0 Å². The van der Waals surface area contributed by atoms with Gasteiger partial charge in [-0.05, 0) is 52.7 Å². The van der Waals surface area contributed by atoms with Gasteiger partial charge in [0, 0.05) is 12.1 Å². The molecule has 1 aliphatic rings. The predicted molar refractivity (Wildman–Crippen MR) is 62.6 cm³/mol. The van der Waals surface area contributed by atoms with Crippen molar-refractivity contribution in [2.75, 3.05) is 19.6 Å². The number of rotatable bonds is 5. The number of hydrogen-bond acceptors (Lipinski definition) is 2. The molecule has 0 aromatic rings. The Bertz CT molecular complexity index is 141. The summed E-state index contributed by atoms with van der Waals surface area (Å²) in [6.45, 7) is 10.7. The Morgan fingerprint density at radius 2 is 1.79 bits per heavy atom. The molecule has 1 aliphatic heterocycles. The van der Waals surface area contributed by atoms with Crippen LogP contribution < -0.4 is 5.32 Å². The zero-order chi connectivity index (χ0) is 10.4. The van der Waals surface area contributed by atoms with Crippen molar-refractivity contribution in [3.05, 3.63) is 0 Å². The van der Waals surface area contributed by atoms with Crippen LogP contribution in [-0.2, 0) is 0 Å². The van der Waals surface area contributed by atoms with Crippen LogP contribution in [0.5, 0.6) is 0 Å². The van der Waals surface area contributed by atoms with E-state index in [0.717, 1.165) is 6.54 Å². The molecule has 0 amide bonds. The van der Waals surface area contributed by atoms with Crippen LogP contribution in [0.4, 0.5) is 0 Å². The monoisotopic (exact) mass is 198 g/mol. The molecule has 1 saturated heterocycles. The van der Waals surface area contributed by atoms with E-state index in [9.17, 15) is 0 Å². The molecule has 14 heavy (non-hydrogen) atoms. The third-order valence-corrected chi connectivity index (χ3v) is 3.41. The number of likely N-dealkylation sites (tertiary alicyclic amines) is 1. The number of piperidine rings is 1. The maximum absolute atomic E-state index is 3.59. The summed E-state index contributed by atoms with van der Waals surface area (Å²) >= 11 is 0. The van der Waals surface area contributed by atoms with Crippen LogP contribution in [0.25, 0.3) is 0 Å². The van der Waals surface area contributed by atoms with Crippen molar-refractivity contribution in [2.45, 2.75) is 58.5 Å². The summed E-state index contributed by atoms with van der Waals surface area (Å²) in [5.74, 6) is 0. The van der Waals surface area contributed by atoms with Crippen LogP contribution in [0.1, 0.15) is 46.5 Å². The molecule has 0 aromatic heterocycles. The highest BCUT2D eigenvalue weighted by Crippen LogP contribution is 2.13. The Morgan fingerprint density at radius 3 is 2.36 bits per heavy atom. The molecule has 2 nitrogen and oxygen atoms in total. The summed E-state index contributed by atoms with van der Waals surface area (Å²) in [4.78, 5) is 2.64. The lowest BCUT2D eigenvalue weighted by Gasteiger charge is -2.36. The van der Waals surface area contributed by atoms with E-state index in [-0.39, 0.29) is 0 Å². The van der Waals surface area contributed by atoms with Gasteiger partial charge in [-0.3, -0.25) is 4.90 Å². The van der Waals surface area contributed by atoms with E-state index < -0.39 is 0 Å². The van der Waals surface area contributed by atoms with Crippen molar-refractivity contribution in [2.24, 2.45) is 0 Å². The van der Waals surface area contributed by atoms with Crippen LogP contribution >= 0.6 is 0 Å². The van der Waals surface area contributed by atoms with Gasteiger partial charge in [0.2, 0.25) is 0 Å². The highest BCUT2D eigenvalue weighted by Gasteiger charge is 2.20. The van der Waals surface area contributed by atoms with Gasteiger partial charge >= 0.3 is 0 Å². The second-order valence-corrected chi connectivity index (χ2v) is 4.58. The molecule has 0 saturated carbocycles. The molecule has 1 heterocycles. The standard InChI is InChI=1S/C12H26N2/c1-4-8-13-11(2)12(3)14-9-6-5-7-10-14/h11-13H,4-10H2,1-3H3. The van der Waals surface area contributed by atoms with E-state index >= 15 is 0 Å². The van der Waals surface area contributed by atoms with Crippen molar-refractivity contribution in [3.63, 3.8) is 0 Å². The third kappa shape index (κ3) is 3.58. The van der Waals surface area contributed by atoms with Gasteiger partial charge in [-0.25, -0.2) is 0 Å². The van der Waals surface area contributed by atoms with Gasteiger partial charge in [0.05, 0.1) is 0 Å². The summed E-state index contributed by atoms with van der Waals surface area (Å²) in [7, 11) is 0. The van der Waals surface area contributed by atoms with Crippen molar-refractivity contribution in [1.82, 2.24) is 10.2 Å². The van der Waals surface area contributed by atoms with Crippen LogP contribution in [0.15, 0.2) is 0 Å². The largest absolute Gasteiger partial charge is 0.313 e. The van der Waals surface area contributed by atoms with Gasteiger partial charge in [-0.15, -0.1) is 0 Å². The maximum atomic E-state index is 3.59. The van der Waals surface area contributed by atoms with Gasteiger partial charge in [0.15, 0.2) is 0 Å². The summed E-state index contributed by atoms with van der Waals surface area (Å²) in [5, 5.41) is 3.59. The van der Waals surface area contributed by atoms with Crippen LogP contribution in [0, 0.1) is 0 Å². The molecular weight excluding hydrogens is 172 g/mol. The van der Waals surface area contributed by atoms with E-state index in [1.807, 2.05) is 0 Å². The highest BCUT2D eigenvalue weighted by atomic mass is 15.2. The average molecular weight is 198 g/mol. The molecule has 1 fully saturated rings. The van der Waals surface area contributed by atoms with Gasteiger partial charge in [0.25, 0.3) is 0 Å². The number of nitrogens with zero attached hydrogens (tertiary/aromatic N) is 1. The molecule has 0 bridgehead atoms. The quantitative estimate of drug-likeness (QED) is 0.729. The molecule has 0 radical (unpaired) electrons. The average Bonchev–Trinajstić information content (AvgIpc) is 2.26. The summed E-state index contributed by atoms with van der Waals surface area (Å²) in [6, 6.07) is 1.33. The molecular formula is C12H26N2. The lowest BCUT2D eigenvalue weighted by Crippen LogP contribution is -2.48. The number of hydrogen-bond donors (Lipinski definition) is 1. The Balaban J connectivity index is 2.26. The Labute approximate surface area is 89.1 Å². The minimum absolute atomic E-state index is 0.632.